The summed E-state index contributed by atoms with van der Waals surface area (Å²) in [5, 5.41) is 8.61. The molecule has 0 spiro atoms. The van der Waals surface area contributed by atoms with Gasteiger partial charge >= 0.3 is 0 Å². The average molecular weight is 298 g/mol. The molecule has 1 aromatic carbocycles. The van der Waals surface area contributed by atoms with Gasteiger partial charge in [0.25, 0.3) is 0 Å². The zero-order valence-electron chi connectivity index (χ0n) is 10.3. The van der Waals surface area contributed by atoms with E-state index in [0.29, 0.717) is 18.1 Å². The molecule has 0 aliphatic carbocycles. The SMILES string of the molecule is COc1cc(Br)c(C(C)CCC#N)cc1OC. The molecule has 4 heteroatoms. The highest BCUT2D eigenvalue weighted by atomic mass is 79.9. The molecule has 0 radical (unpaired) electrons. The first kappa shape index (κ1) is 13.9. The number of nitrogens with zero attached hydrogens (tertiary/aromatic N) is 1. The summed E-state index contributed by atoms with van der Waals surface area (Å²) < 4.78 is 11.5. The largest absolute Gasteiger partial charge is 0.493 e. The fourth-order valence-corrected chi connectivity index (χ4v) is 2.40. The van der Waals surface area contributed by atoms with Gasteiger partial charge in [-0.15, -0.1) is 0 Å². The molecule has 1 aromatic rings. The summed E-state index contributed by atoms with van der Waals surface area (Å²) in [4.78, 5) is 0. The van der Waals surface area contributed by atoms with Crippen LogP contribution in [-0.4, -0.2) is 14.2 Å². The van der Waals surface area contributed by atoms with Gasteiger partial charge in [0.1, 0.15) is 0 Å². The number of halogens is 1. The van der Waals surface area contributed by atoms with E-state index in [0.717, 1.165) is 22.2 Å². The fraction of sp³-hybridized carbons (Fsp3) is 0.462. The Balaban J connectivity index is 3.04. The lowest BCUT2D eigenvalue weighted by molar-refractivity contribution is 0.354. The van der Waals surface area contributed by atoms with E-state index in [1.165, 1.54) is 0 Å². The summed E-state index contributed by atoms with van der Waals surface area (Å²) >= 11 is 3.53. The number of nitriles is 1. The van der Waals surface area contributed by atoms with E-state index in [-0.39, 0.29) is 0 Å². The smallest absolute Gasteiger partial charge is 0.161 e. The summed E-state index contributed by atoms with van der Waals surface area (Å²) in [6, 6.07) is 6.03. The molecular weight excluding hydrogens is 282 g/mol. The number of benzene rings is 1. The van der Waals surface area contributed by atoms with Gasteiger partial charge in [0.2, 0.25) is 0 Å². The highest BCUT2D eigenvalue weighted by Gasteiger charge is 2.14. The number of ether oxygens (including phenoxy) is 2. The molecule has 0 aliphatic rings. The first-order chi connectivity index (χ1) is 8.13. The Kier molecular flexibility index (Phi) is 5.30. The van der Waals surface area contributed by atoms with Crippen LogP contribution >= 0.6 is 15.9 Å². The van der Waals surface area contributed by atoms with E-state index in [1.807, 2.05) is 12.1 Å². The van der Waals surface area contributed by atoms with Crippen LogP contribution in [0.15, 0.2) is 16.6 Å². The van der Waals surface area contributed by atoms with Crippen molar-refractivity contribution in [3.05, 3.63) is 22.2 Å². The van der Waals surface area contributed by atoms with Crippen LogP contribution in [0.5, 0.6) is 11.5 Å². The van der Waals surface area contributed by atoms with Gasteiger partial charge in [-0.2, -0.15) is 5.26 Å². The predicted octanol–water partition coefficient (Wildman–Crippen LogP) is 3.87. The zero-order valence-corrected chi connectivity index (χ0v) is 11.9. The van der Waals surface area contributed by atoms with Crippen LogP contribution in [0, 0.1) is 11.3 Å². The van der Waals surface area contributed by atoms with Crippen LogP contribution in [0.2, 0.25) is 0 Å². The summed E-state index contributed by atoms with van der Waals surface area (Å²) in [5.41, 5.74) is 1.14. The van der Waals surface area contributed by atoms with Crippen LogP contribution in [0.3, 0.4) is 0 Å². The van der Waals surface area contributed by atoms with Crippen molar-refractivity contribution >= 4 is 15.9 Å². The standard InChI is InChI=1S/C13H16BrNO2/c1-9(5-4-6-15)10-7-12(16-2)13(17-3)8-11(10)14/h7-9H,4-5H2,1-3H3. The van der Waals surface area contributed by atoms with Crippen molar-refractivity contribution in [1.82, 2.24) is 0 Å². The van der Waals surface area contributed by atoms with Crippen molar-refractivity contribution in [3.8, 4) is 17.6 Å². The maximum absolute atomic E-state index is 8.61. The third-order valence-corrected chi connectivity index (χ3v) is 3.41. The number of hydrogen-bond acceptors (Lipinski definition) is 3. The third kappa shape index (κ3) is 3.37. The highest BCUT2D eigenvalue weighted by Crippen LogP contribution is 2.37. The van der Waals surface area contributed by atoms with E-state index in [2.05, 4.69) is 28.9 Å². The topological polar surface area (TPSA) is 42.2 Å². The average Bonchev–Trinajstić information content (AvgIpc) is 2.35. The molecule has 0 N–H and O–H groups in total. The van der Waals surface area contributed by atoms with Gasteiger partial charge in [0, 0.05) is 10.9 Å². The predicted molar refractivity (Wildman–Crippen MR) is 70.5 cm³/mol. The molecule has 0 bridgehead atoms. The van der Waals surface area contributed by atoms with Crippen molar-refractivity contribution in [2.75, 3.05) is 14.2 Å². The second kappa shape index (κ2) is 6.51. The second-order valence-corrected chi connectivity index (χ2v) is 4.68. The molecule has 0 heterocycles. The van der Waals surface area contributed by atoms with Crippen molar-refractivity contribution in [3.63, 3.8) is 0 Å². The Morgan fingerprint density at radius 3 is 2.41 bits per heavy atom. The number of hydrogen-bond donors (Lipinski definition) is 0. The monoisotopic (exact) mass is 297 g/mol. The van der Waals surface area contributed by atoms with Crippen LogP contribution in [0.25, 0.3) is 0 Å². The first-order valence-corrected chi connectivity index (χ1v) is 6.21. The molecule has 0 saturated heterocycles. The molecule has 1 rings (SSSR count). The van der Waals surface area contributed by atoms with E-state index < -0.39 is 0 Å². The molecule has 0 saturated carbocycles. The minimum atomic E-state index is 0.309. The lowest BCUT2D eigenvalue weighted by atomic mass is 9.96. The van der Waals surface area contributed by atoms with Crippen molar-refractivity contribution in [2.24, 2.45) is 0 Å². The van der Waals surface area contributed by atoms with E-state index in [1.54, 1.807) is 14.2 Å². The lowest BCUT2D eigenvalue weighted by Crippen LogP contribution is -1.98. The Morgan fingerprint density at radius 1 is 1.29 bits per heavy atom. The van der Waals surface area contributed by atoms with Gasteiger partial charge < -0.3 is 9.47 Å². The molecule has 0 fully saturated rings. The zero-order chi connectivity index (χ0) is 12.8. The van der Waals surface area contributed by atoms with E-state index in [9.17, 15) is 0 Å². The second-order valence-electron chi connectivity index (χ2n) is 3.83. The summed E-state index contributed by atoms with van der Waals surface area (Å²) in [6.45, 7) is 2.10. The molecule has 0 amide bonds. The van der Waals surface area contributed by atoms with Crippen LogP contribution in [0.1, 0.15) is 31.2 Å². The summed E-state index contributed by atoms with van der Waals surface area (Å²) in [5.74, 6) is 1.73. The minimum absolute atomic E-state index is 0.309. The first-order valence-electron chi connectivity index (χ1n) is 5.42. The molecule has 0 aromatic heterocycles. The molecule has 3 nitrogen and oxygen atoms in total. The Morgan fingerprint density at radius 2 is 1.88 bits per heavy atom. The van der Waals surface area contributed by atoms with Gasteiger partial charge in [-0.1, -0.05) is 22.9 Å². The number of rotatable bonds is 5. The molecule has 17 heavy (non-hydrogen) atoms. The molecule has 1 atom stereocenters. The fourth-order valence-electron chi connectivity index (χ4n) is 1.68. The third-order valence-electron chi connectivity index (χ3n) is 2.72. The quantitative estimate of drug-likeness (QED) is 0.828. The number of methoxy groups -OCH3 is 2. The Bertz CT molecular complexity index is 426. The normalized spacial score (nSPS) is 11.7. The van der Waals surface area contributed by atoms with E-state index in [4.69, 9.17) is 14.7 Å². The molecule has 0 aliphatic heterocycles. The Labute approximate surface area is 110 Å². The van der Waals surface area contributed by atoms with Gasteiger partial charge in [-0.05, 0) is 30.0 Å². The highest BCUT2D eigenvalue weighted by molar-refractivity contribution is 9.10. The van der Waals surface area contributed by atoms with Crippen molar-refractivity contribution in [2.45, 2.75) is 25.7 Å². The molecule has 1 unspecified atom stereocenters. The van der Waals surface area contributed by atoms with Crippen molar-refractivity contribution < 1.29 is 9.47 Å². The van der Waals surface area contributed by atoms with Gasteiger partial charge in [-0.25, -0.2) is 0 Å². The molecule has 92 valence electrons. The van der Waals surface area contributed by atoms with E-state index >= 15 is 0 Å². The maximum atomic E-state index is 8.61. The van der Waals surface area contributed by atoms with Crippen molar-refractivity contribution in [1.29, 1.82) is 5.26 Å². The minimum Gasteiger partial charge on any atom is -0.493 e. The molecular formula is C13H16BrNO2. The van der Waals surface area contributed by atoms with Gasteiger partial charge in [0.05, 0.1) is 20.3 Å². The van der Waals surface area contributed by atoms with Crippen LogP contribution in [-0.2, 0) is 0 Å². The maximum Gasteiger partial charge on any atom is 0.161 e. The van der Waals surface area contributed by atoms with Gasteiger partial charge in [0.15, 0.2) is 11.5 Å². The van der Waals surface area contributed by atoms with Gasteiger partial charge in [-0.3, -0.25) is 0 Å². The Hall–Kier alpha value is -1.21. The van der Waals surface area contributed by atoms with Crippen LogP contribution in [0.4, 0.5) is 0 Å². The summed E-state index contributed by atoms with van der Waals surface area (Å²) in [7, 11) is 3.23. The lowest BCUT2D eigenvalue weighted by Gasteiger charge is -2.16. The summed E-state index contributed by atoms with van der Waals surface area (Å²) in [6.07, 6.45) is 1.40. The van der Waals surface area contributed by atoms with Crippen LogP contribution < -0.4 is 9.47 Å².